The smallest absolute Gasteiger partial charge is 0.0717 e. The van der Waals surface area contributed by atoms with Crippen LogP contribution in [-0.4, -0.2) is 19.2 Å². The Labute approximate surface area is 104 Å². The van der Waals surface area contributed by atoms with Crippen molar-refractivity contribution in [3.63, 3.8) is 0 Å². The third-order valence-electron chi connectivity index (χ3n) is 3.23. The summed E-state index contributed by atoms with van der Waals surface area (Å²) in [7, 11) is 0. The lowest BCUT2D eigenvalue weighted by atomic mass is 10.1. The van der Waals surface area contributed by atoms with E-state index in [-0.39, 0.29) is 0 Å². The van der Waals surface area contributed by atoms with E-state index in [2.05, 4.69) is 37.4 Å². The van der Waals surface area contributed by atoms with E-state index < -0.39 is 0 Å². The van der Waals surface area contributed by atoms with E-state index in [0.717, 1.165) is 19.8 Å². The SMILES string of the molecule is CC(C)NCCOCc1ccc2c(c1)CCC2. The van der Waals surface area contributed by atoms with Crippen LogP contribution in [0.4, 0.5) is 0 Å². The molecular weight excluding hydrogens is 210 g/mol. The summed E-state index contributed by atoms with van der Waals surface area (Å²) in [6.45, 7) is 6.77. The third kappa shape index (κ3) is 3.83. The summed E-state index contributed by atoms with van der Waals surface area (Å²) in [5.41, 5.74) is 4.39. The predicted molar refractivity (Wildman–Crippen MR) is 71.3 cm³/mol. The first kappa shape index (κ1) is 12.6. The minimum atomic E-state index is 0.540. The van der Waals surface area contributed by atoms with Gasteiger partial charge in [-0.15, -0.1) is 0 Å². The second-order valence-electron chi connectivity index (χ2n) is 5.12. The van der Waals surface area contributed by atoms with Crippen molar-refractivity contribution < 1.29 is 4.74 Å². The Morgan fingerprint density at radius 1 is 1.24 bits per heavy atom. The van der Waals surface area contributed by atoms with Crippen LogP contribution in [-0.2, 0) is 24.2 Å². The summed E-state index contributed by atoms with van der Waals surface area (Å²) in [6, 6.07) is 7.34. The van der Waals surface area contributed by atoms with Crippen LogP contribution in [0, 0.1) is 0 Å². The molecule has 0 unspecified atom stereocenters. The maximum atomic E-state index is 5.67. The molecule has 1 N–H and O–H groups in total. The third-order valence-corrected chi connectivity index (χ3v) is 3.23. The number of aryl methyl sites for hydroxylation is 2. The molecule has 0 bridgehead atoms. The zero-order valence-electron chi connectivity index (χ0n) is 11.0. The van der Waals surface area contributed by atoms with Crippen molar-refractivity contribution in [2.75, 3.05) is 13.2 Å². The molecular formula is C15H23NO. The lowest BCUT2D eigenvalue weighted by Crippen LogP contribution is -2.26. The topological polar surface area (TPSA) is 21.3 Å². The molecule has 0 saturated carbocycles. The second-order valence-corrected chi connectivity index (χ2v) is 5.12. The average molecular weight is 233 g/mol. The van der Waals surface area contributed by atoms with Crippen molar-refractivity contribution in [2.24, 2.45) is 0 Å². The predicted octanol–water partition coefficient (Wildman–Crippen LogP) is 2.69. The second kappa shape index (κ2) is 6.18. The molecule has 0 aliphatic heterocycles. The van der Waals surface area contributed by atoms with Crippen LogP contribution in [0.5, 0.6) is 0 Å². The highest BCUT2D eigenvalue weighted by atomic mass is 16.5. The van der Waals surface area contributed by atoms with Crippen LogP contribution in [0.3, 0.4) is 0 Å². The zero-order valence-corrected chi connectivity index (χ0v) is 11.0. The van der Waals surface area contributed by atoms with Crippen LogP contribution < -0.4 is 5.32 Å². The molecule has 1 aromatic carbocycles. The fraction of sp³-hybridized carbons (Fsp3) is 0.600. The zero-order chi connectivity index (χ0) is 12.1. The van der Waals surface area contributed by atoms with Gasteiger partial charge in [-0.05, 0) is 36.0 Å². The summed E-state index contributed by atoms with van der Waals surface area (Å²) in [4.78, 5) is 0. The molecule has 17 heavy (non-hydrogen) atoms. The standard InChI is InChI=1S/C15H23NO/c1-12(2)16-8-9-17-11-13-6-7-14-4-3-5-15(14)10-13/h6-7,10,12,16H,3-5,8-9,11H2,1-2H3. The van der Waals surface area contributed by atoms with Crippen molar-refractivity contribution in [2.45, 2.75) is 45.8 Å². The van der Waals surface area contributed by atoms with Gasteiger partial charge in [-0.2, -0.15) is 0 Å². The fourth-order valence-electron chi connectivity index (χ4n) is 2.32. The van der Waals surface area contributed by atoms with Gasteiger partial charge in [0.15, 0.2) is 0 Å². The number of hydrogen-bond acceptors (Lipinski definition) is 2. The number of hydrogen-bond donors (Lipinski definition) is 1. The molecule has 2 heteroatoms. The molecule has 0 saturated heterocycles. The molecule has 0 spiro atoms. The molecule has 0 heterocycles. The highest BCUT2D eigenvalue weighted by Crippen LogP contribution is 2.22. The first-order chi connectivity index (χ1) is 8.25. The van der Waals surface area contributed by atoms with Gasteiger partial charge < -0.3 is 10.1 Å². The maximum Gasteiger partial charge on any atom is 0.0717 e. The molecule has 1 aliphatic carbocycles. The fourth-order valence-corrected chi connectivity index (χ4v) is 2.32. The van der Waals surface area contributed by atoms with Gasteiger partial charge in [0.25, 0.3) is 0 Å². The van der Waals surface area contributed by atoms with Crippen LogP contribution in [0.2, 0.25) is 0 Å². The highest BCUT2D eigenvalue weighted by Gasteiger charge is 2.10. The molecule has 0 atom stereocenters. The first-order valence-corrected chi connectivity index (χ1v) is 6.67. The Morgan fingerprint density at radius 2 is 2.06 bits per heavy atom. The van der Waals surface area contributed by atoms with E-state index in [0.29, 0.717) is 6.04 Å². The van der Waals surface area contributed by atoms with Crippen molar-refractivity contribution in [1.82, 2.24) is 5.32 Å². The van der Waals surface area contributed by atoms with E-state index in [4.69, 9.17) is 4.74 Å². The van der Waals surface area contributed by atoms with Gasteiger partial charge in [0, 0.05) is 12.6 Å². The Balaban J connectivity index is 1.72. The molecule has 2 rings (SSSR count). The Hall–Kier alpha value is -0.860. The molecule has 94 valence electrons. The number of nitrogens with one attached hydrogen (secondary N) is 1. The van der Waals surface area contributed by atoms with Gasteiger partial charge in [-0.3, -0.25) is 0 Å². The highest BCUT2D eigenvalue weighted by molar-refractivity contribution is 5.34. The molecule has 0 amide bonds. The minimum Gasteiger partial charge on any atom is -0.375 e. The van der Waals surface area contributed by atoms with E-state index in [1.54, 1.807) is 0 Å². The number of benzene rings is 1. The van der Waals surface area contributed by atoms with Crippen LogP contribution >= 0.6 is 0 Å². The first-order valence-electron chi connectivity index (χ1n) is 6.67. The lowest BCUT2D eigenvalue weighted by Gasteiger charge is -2.09. The van der Waals surface area contributed by atoms with Gasteiger partial charge in [0.05, 0.1) is 13.2 Å². The number of ether oxygens (including phenoxy) is 1. The maximum absolute atomic E-state index is 5.67. The number of rotatable bonds is 6. The van der Waals surface area contributed by atoms with Crippen molar-refractivity contribution >= 4 is 0 Å². The Kier molecular flexibility index (Phi) is 4.57. The monoisotopic (exact) mass is 233 g/mol. The van der Waals surface area contributed by atoms with Gasteiger partial charge in [-0.25, -0.2) is 0 Å². The molecule has 0 fully saturated rings. The van der Waals surface area contributed by atoms with Crippen molar-refractivity contribution in [3.8, 4) is 0 Å². The lowest BCUT2D eigenvalue weighted by molar-refractivity contribution is 0.121. The summed E-state index contributed by atoms with van der Waals surface area (Å²) in [6.07, 6.45) is 3.82. The molecule has 2 nitrogen and oxygen atoms in total. The van der Waals surface area contributed by atoms with Gasteiger partial charge in [0.2, 0.25) is 0 Å². The van der Waals surface area contributed by atoms with Gasteiger partial charge >= 0.3 is 0 Å². The number of fused-ring (bicyclic) bond motifs is 1. The summed E-state index contributed by atoms with van der Waals surface area (Å²) in [5, 5.41) is 3.35. The van der Waals surface area contributed by atoms with Gasteiger partial charge in [-0.1, -0.05) is 32.0 Å². The largest absolute Gasteiger partial charge is 0.375 e. The Morgan fingerprint density at radius 3 is 2.88 bits per heavy atom. The average Bonchev–Trinajstić information content (AvgIpc) is 2.75. The minimum absolute atomic E-state index is 0.540. The van der Waals surface area contributed by atoms with E-state index >= 15 is 0 Å². The van der Waals surface area contributed by atoms with E-state index in [1.807, 2.05) is 0 Å². The summed E-state index contributed by atoms with van der Waals surface area (Å²) < 4.78 is 5.67. The Bertz CT molecular complexity index is 360. The quantitative estimate of drug-likeness (QED) is 0.763. The van der Waals surface area contributed by atoms with Crippen LogP contribution in [0.15, 0.2) is 18.2 Å². The summed E-state index contributed by atoms with van der Waals surface area (Å²) >= 11 is 0. The van der Waals surface area contributed by atoms with Gasteiger partial charge in [0.1, 0.15) is 0 Å². The molecule has 0 aromatic heterocycles. The normalized spacial score (nSPS) is 14.3. The summed E-state index contributed by atoms with van der Waals surface area (Å²) in [5.74, 6) is 0. The molecule has 1 aromatic rings. The van der Waals surface area contributed by atoms with E-state index in [9.17, 15) is 0 Å². The van der Waals surface area contributed by atoms with Crippen LogP contribution in [0.1, 0.15) is 37.0 Å². The van der Waals surface area contributed by atoms with Crippen molar-refractivity contribution in [3.05, 3.63) is 34.9 Å². The molecule has 0 radical (unpaired) electrons. The van der Waals surface area contributed by atoms with E-state index in [1.165, 1.54) is 36.0 Å². The molecule has 1 aliphatic rings. The van der Waals surface area contributed by atoms with Crippen LogP contribution in [0.25, 0.3) is 0 Å². The van der Waals surface area contributed by atoms with Crippen molar-refractivity contribution in [1.29, 1.82) is 0 Å².